The minimum atomic E-state index is -0.177. The summed E-state index contributed by atoms with van der Waals surface area (Å²) in [6, 6.07) is 13.2. The van der Waals surface area contributed by atoms with Crippen LogP contribution in [0.1, 0.15) is 17.2 Å². The maximum absolute atomic E-state index is 6.43. The van der Waals surface area contributed by atoms with Crippen molar-refractivity contribution in [2.75, 3.05) is 19.5 Å². The van der Waals surface area contributed by atoms with Crippen LogP contribution in [0, 0.1) is 0 Å². The fraction of sp³-hybridized carbons (Fsp3) is 0.158. The first kappa shape index (κ1) is 16.5. The summed E-state index contributed by atoms with van der Waals surface area (Å²) in [7, 11) is 3.26. The number of hydrogen-bond acceptors (Lipinski definition) is 5. The maximum Gasteiger partial charge on any atom is 0.226 e. The molecule has 0 spiro atoms. The van der Waals surface area contributed by atoms with Crippen LogP contribution in [0.2, 0.25) is 5.02 Å². The Morgan fingerprint density at radius 1 is 1.12 bits per heavy atom. The van der Waals surface area contributed by atoms with E-state index in [0.29, 0.717) is 16.7 Å². The molecule has 3 aromatic rings. The topological polar surface area (TPSA) is 61.2 Å². The number of rotatable bonds is 4. The lowest BCUT2D eigenvalue weighted by Gasteiger charge is -2.25. The fourth-order valence-corrected chi connectivity index (χ4v) is 3.30. The number of allylic oxidation sites excluding steroid dienone is 1. The monoisotopic (exact) mass is 368 g/mol. The predicted octanol–water partition coefficient (Wildman–Crippen LogP) is 4.00. The highest BCUT2D eigenvalue weighted by molar-refractivity contribution is 6.31. The lowest BCUT2D eigenvalue weighted by atomic mass is 10.0. The lowest BCUT2D eigenvalue weighted by molar-refractivity contribution is 0.393. The number of ether oxygens (including phenoxy) is 2. The van der Waals surface area contributed by atoms with Crippen LogP contribution in [-0.2, 0) is 0 Å². The van der Waals surface area contributed by atoms with Crippen molar-refractivity contribution >= 4 is 23.2 Å². The number of anilines is 1. The average Bonchev–Trinajstić information content (AvgIpc) is 3.16. The van der Waals surface area contributed by atoms with E-state index in [0.717, 1.165) is 22.6 Å². The van der Waals surface area contributed by atoms with E-state index in [1.165, 1.54) is 6.33 Å². The van der Waals surface area contributed by atoms with Gasteiger partial charge in [-0.25, -0.2) is 4.68 Å². The summed E-state index contributed by atoms with van der Waals surface area (Å²) in [4.78, 5) is 4.32. The minimum Gasteiger partial charge on any atom is -0.497 e. The summed E-state index contributed by atoms with van der Waals surface area (Å²) >= 11 is 6.43. The van der Waals surface area contributed by atoms with Gasteiger partial charge in [-0.1, -0.05) is 29.8 Å². The molecule has 7 heteroatoms. The first-order valence-electron chi connectivity index (χ1n) is 8.06. The van der Waals surface area contributed by atoms with Gasteiger partial charge in [0.1, 0.15) is 23.9 Å². The molecule has 4 rings (SSSR count). The Labute approximate surface area is 156 Å². The molecule has 0 amide bonds. The molecule has 1 aliphatic rings. The Kier molecular flexibility index (Phi) is 4.26. The van der Waals surface area contributed by atoms with Crippen molar-refractivity contribution in [2.24, 2.45) is 0 Å². The normalized spacial score (nSPS) is 15.7. The van der Waals surface area contributed by atoms with Crippen molar-refractivity contribution in [2.45, 2.75) is 6.04 Å². The summed E-state index contributed by atoms with van der Waals surface area (Å²) in [6.45, 7) is 0. The molecule has 1 aliphatic heterocycles. The Bertz CT molecular complexity index is 983. The van der Waals surface area contributed by atoms with Gasteiger partial charge in [0.15, 0.2) is 0 Å². The molecule has 132 valence electrons. The number of aromatic nitrogens is 3. The second-order valence-electron chi connectivity index (χ2n) is 5.77. The summed E-state index contributed by atoms with van der Waals surface area (Å²) in [5.74, 6) is 2.08. The van der Waals surface area contributed by atoms with Gasteiger partial charge >= 0.3 is 0 Å². The molecule has 1 aromatic heterocycles. The van der Waals surface area contributed by atoms with Gasteiger partial charge in [-0.3, -0.25) is 0 Å². The summed E-state index contributed by atoms with van der Waals surface area (Å²) < 4.78 is 12.6. The van der Waals surface area contributed by atoms with E-state index in [-0.39, 0.29) is 6.04 Å². The summed E-state index contributed by atoms with van der Waals surface area (Å²) in [5, 5.41) is 8.33. The van der Waals surface area contributed by atoms with Crippen molar-refractivity contribution in [1.82, 2.24) is 14.8 Å². The Morgan fingerprint density at radius 2 is 1.96 bits per heavy atom. The van der Waals surface area contributed by atoms with Gasteiger partial charge in [0.25, 0.3) is 0 Å². The van der Waals surface area contributed by atoms with E-state index in [1.807, 2.05) is 42.5 Å². The standard InChI is InChI=1S/C19H17ClN4O2/c1-25-12-7-8-14(18(9-12)26-2)16-10-17(13-5-3-4-6-15(13)20)24-19(23-16)21-11-22-24/h3-11,17H,1-2H3,(H,21,22,23)/t17-/m0/s1. The van der Waals surface area contributed by atoms with Crippen LogP contribution >= 0.6 is 11.6 Å². The van der Waals surface area contributed by atoms with Gasteiger partial charge in [-0.05, 0) is 29.8 Å². The Balaban J connectivity index is 1.84. The highest BCUT2D eigenvalue weighted by atomic mass is 35.5. The van der Waals surface area contributed by atoms with Crippen LogP contribution < -0.4 is 14.8 Å². The molecule has 0 saturated heterocycles. The molecule has 0 saturated carbocycles. The molecule has 26 heavy (non-hydrogen) atoms. The summed E-state index contributed by atoms with van der Waals surface area (Å²) in [6.07, 6.45) is 3.58. The van der Waals surface area contributed by atoms with Crippen LogP contribution in [0.4, 0.5) is 5.95 Å². The Hall–Kier alpha value is -2.99. The van der Waals surface area contributed by atoms with Crippen molar-refractivity contribution in [1.29, 1.82) is 0 Å². The number of nitrogens with zero attached hydrogens (tertiary/aromatic N) is 3. The zero-order chi connectivity index (χ0) is 18.1. The van der Waals surface area contributed by atoms with Crippen LogP contribution in [-0.4, -0.2) is 29.0 Å². The van der Waals surface area contributed by atoms with E-state index >= 15 is 0 Å². The third-order valence-electron chi connectivity index (χ3n) is 4.33. The SMILES string of the molecule is COc1ccc(C2=C[C@@H](c3ccccc3Cl)n3ncnc3N2)c(OC)c1. The average molecular weight is 369 g/mol. The molecule has 2 heterocycles. The van der Waals surface area contributed by atoms with Crippen molar-refractivity contribution in [3.05, 3.63) is 71.0 Å². The summed E-state index contributed by atoms with van der Waals surface area (Å²) in [5.41, 5.74) is 2.72. The molecule has 0 fully saturated rings. The van der Waals surface area contributed by atoms with Crippen LogP contribution in [0.5, 0.6) is 11.5 Å². The van der Waals surface area contributed by atoms with E-state index in [4.69, 9.17) is 21.1 Å². The van der Waals surface area contributed by atoms with Crippen molar-refractivity contribution in [3.8, 4) is 11.5 Å². The molecule has 1 atom stereocenters. The highest BCUT2D eigenvalue weighted by Crippen LogP contribution is 2.38. The quantitative estimate of drug-likeness (QED) is 0.754. The first-order chi connectivity index (χ1) is 12.7. The fourth-order valence-electron chi connectivity index (χ4n) is 3.05. The predicted molar refractivity (Wildman–Crippen MR) is 101 cm³/mol. The number of nitrogens with one attached hydrogen (secondary N) is 1. The van der Waals surface area contributed by atoms with Gasteiger partial charge in [-0.2, -0.15) is 10.1 Å². The van der Waals surface area contributed by atoms with Gasteiger partial charge in [-0.15, -0.1) is 0 Å². The van der Waals surface area contributed by atoms with E-state index in [1.54, 1.807) is 18.9 Å². The van der Waals surface area contributed by atoms with Crippen molar-refractivity contribution in [3.63, 3.8) is 0 Å². The number of fused-ring (bicyclic) bond motifs is 1. The van der Waals surface area contributed by atoms with E-state index in [2.05, 4.69) is 21.5 Å². The molecule has 6 nitrogen and oxygen atoms in total. The van der Waals surface area contributed by atoms with Crippen LogP contribution in [0.15, 0.2) is 54.9 Å². The van der Waals surface area contributed by atoms with E-state index in [9.17, 15) is 0 Å². The smallest absolute Gasteiger partial charge is 0.226 e. The zero-order valence-electron chi connectivity index (χ0n) is 14.3. The van der Waals surface area contributed by atoms with Crippen LogP contribution in [0.25, 0.3) is 5.70 Å². The van der Waals surface area contributed by atoms with Gasteiger partial charge in [0.05, 0.1) is 19.9 Å². The Morgan fingerprint density at radius 3 is 2.73 bits per heavy atom. The number of halogens is 1. The molecule has 0 bridgehead atoms. The molecule has 0 aliphatic carbocycles. The molecule has 0 radical (unpaired) electrons. The number of benzene rings is 2. The molecular weight excluding hydrogens is 352 g/mol. The second kappa shape index (κ2) is 6.72. The third kappa shape index (κ3) is 2.78. The zero-order valence-corrected chi connectivity index (χ0v) is 15.1. The number of methoxy groups -OCH3 is 2. The van der Waals surface area contributed by atoms with Gasteiger partial charge in [0, 0.05) is 16.7 Å². The van der Waals surface area contributed by atoms with Crippen LogP contribution in [0.3, 0.4) is 0 Å². The van der Waals surface area contributed by atoms with Crippen molar-refractivity contribution < 1.29 is 9.47 Å². The second-order valence-corrected chi connectivity index (χ2v) is 6.17. The third-order valence-corrected chi connectivity index (χ3v) is 4.67. The maximum atomic E-state index is 6.43. The number of hydrogen-bond donors (Lipinski definition) is 1. The highest BCUT2D eigenvalue weighted by Gasteiger charge is 2.26. The molecular formula is C19H17ClN4O2. The largest absolute Gasteiger partial charge is 0.497 e. The van der Waals surface area contributed by atoms with Gasteiger partial charge < -0.3 is 14.8 Å². The minimum absolute atomic E-state index is 0.177. The molecule has 2 aromatic carbocycles. The lowest BCUT2D eigenvalue weighted by Crippen LogP contribution is -2.20. The van der Waals surface area contributed by atoms with E-state index < -0.39 is 0 Å². The van der Waals surface area contributed by atoms with Gasteiger partial charge in [0.2, 0.25) is 5.95 Å². The molecule has 0 unspecified atom stereocenters. The first-order valence-corrected chi connectivity index (χ1v) is 8.44. The molecule has 1 N–H and O–H groups in total.